The number of benzene rings is 1. The van der Waals surface area contributed by atoms with Crippen molar-refractivity contribution in [3.8, 4) is 11.5 Å². The first kappa shape index (κ1) is 17.3. The van der Waals surface area contributed by atoms with E-state index in [2.05, 4.69) is 15.3 Å². The molecule has 9 heteroatoms. The van der Waals surface area contributed by atoms with E-state index in [1.807, 2.05) is 24.3 Å². The van der Waals surface area contributed by atoms with Gasteiger partial charge in [0.05, 0.1) is 12.9 Å². The molecule has 0 bridgehead atoms. The summed E-state index contributed by atoms with van der Waals surface area (Å²) in [6, 6.07) is 8.56. The van der Waals surface area contributed by atoms with Gasteiger partial charge in [0.2, 0.25) is 5.91 Å². The molecule has 3 N–H and O–H groups in total. The van der Waals surface area contributed by atoms with Crippen LogP contribution in [0, 0.1) is 0 Å². The molecule has 1 amide bonds. The summed E-state index contributed by atoms with van der Waals surface area (Å²) in [5.74, 6) is 0.730. The van der Waals surface area contributed by atoms with Crippen LogP contribution in [0.4, 0.5) is 0 Å². The summed E-state index contributed by atoms with van der Waals surface area (Å²) in [6.07, 6.45) is 0. The quantitative estimate of drug-likeness (QED) is 0.569. The Morgan fingerprint density at radius 1 is 1.40 bits per heavy atom. The first-order valence-electron chi connectivity index (χ1n) is 7.30. The molecule has 130 valence electrons. The molecule has 0 aliphatic heterocycles. The lowest BCUT2D eigenvalue weighted by Crippen LogP contribution is -2.24. The molecule has 0 aliphatic carbocycles. The number of methoxy groups -OCH3 is 1. The first-order valence-corrected chi connectivity index (χ1v) is 9.10. The molecule has 25 heavy (non-hydrogen) atoms. The number of carbonyl (C=O) groups excluding carboxylic acids is 1. The predicted molar refractivity (Wildman–Crippen MR) is 97.5 cm³/mol. The fourth-order valence-electron chi connectivity index (χ4n) is 2.09. The molecule has 2 heterocycles. The van der Waals surface area contributed by atoms with Gasteiger partial charge in [-0.15, -0.1) is 11.3 Å². The Labute approximate surface area is 151 Å². The number of carbonyl (C=O) groups is 1. The zero-order valence-corrected chi connectivity index (χ0v) is 14.9. The fraction of sp³-hybridized carbons (Fsp3) is 0.188. The molecule has 3 rings (SSSR count). The minimum atomic E-state index is -0.413. The van der Waals surface area contributed by atoms with E-state index < -0.39 is 5.56 Å². The number of aromatic nitrogens is 2. The number of amides is 1. The molecule has 0 atom stereocenters. The number of H-pyrrole nitrogens is 1. The molecule has 0 saturated carbocycles. The van der Waals surface area contributed by atoms with Gasteiger partial charge in [-0.2, -0.15) is 0 Å². The lowest BCUT2D eigenvalue weighted by molar-refractivity contribution is -0.118. The van der Waals surface area contributed by atoms with Crippen molar-refractivity contribution in [2.24, 2.45) is 0 Å². The summed E-state index contributed by atoms with van der Waals surface area (Å²) < 4.78 is 6.19. The molecule has 0 saturated heterocycles. The highest BCUT2D eigenvalue weighted by molar-refractivity contribution is 8.01. The van der Waals surface area contributed by atoms with Crippen molar-refractivity contribution in [3.63, 3.8) is 0 Å². The van der Waals surface area contributed by atoms with Gasteiger partial charge in [-0.3, -0.25) is 9.59 Å². The summed E-state index contributed by atoms with van der Waals surface area (Å²) in [7, 11) is 1.60. The van der Waals surface area contributed by atoms with E-state index in [4.69, 9.17) is 4.74 Å². The highest BCUT2D eigenvalue weighted by atomic mass is 32.2. The Morgan fingerprint density at radius 2 is 2.16 bits per heavy atom. The highest BCUT2D eigenvalue weighted by Gasteiger charge is 2.11. The van der Waals surface area contributed by atoms with Crippen LogP contribution >= 0.6 is 23.1 Å². The second-order valence-corrected chi connectivity index (χ2v) is 7.31. The number of ether oxygens (including phenoxy) is 1. The van der Waals surface area contributed by atoms with Gasteiger partial charge in [0.1, 0.15) is 16.2 Å². The standard InChI is InChI=1S/C16H15N3O4S2/c1-23-10-4-2-9(3-5-10)7-17-13(22)8-24-16-19-15-14(25-16)11(20)6-12(21)18-15/h2-6H,7-8H2,1H3,(H,17,22)(H2,18,20,21). The van der Waals surface area contributed by atoms with Gasteiger partial charge < -0.3 is 20.1 Å². The van der Waals surface area contributed by atoms with E-state index >= 15 is 0 Å². The summed E-state index contributed by atoms with van der Waals surface area (Å²) in [5, 5.41) is 12.6. The van der Waals surface area contributed by atoms with E-state index in [0.29, 0.717) is 21.2 Å². The van der Waals surface area contributed by atoms with Crippen molar-refractivity contribution >= 4 is 39.4 Å². The average Bonchev–Trinajstić information content (AvgIpc) is 3.02. The zero-order chi connectivity index (χ0) is 17.8. The highest BCUT2D eigenvalue weighted by Crippen LogP contribution is 2.32. The van der Waals surface area contributed by atoms with Crippen LogP contribution in [0.1, 0.15) is 5.56 Å². The molecular weight excluding hydrogens is 362 g/mol. The van der Waals surface area contributed by atoms with Crippen molar-refractivity contribution in [3.05, 3.63) is 46.2 Å². The third kappa shape index (κ3) is 4.31. The number of pyridine rings is 1. The SMILES string of the molecule is COc1ccc(CNC(=O)CSc2nc3[nH]c(=O)cc(O)c3s2)cc1. The van der Waals surface area contributed by atoms with Crippen LogP contribution in [0.3, 0.4) is 0 Å². The van der Waals surface area contributed by atoms with Crippen LogP contribution in [0.25, 0.3) is 10.3 Å². The number of nitrogens with one attached hydrogen (secondary N) is 2. The van der Waals surface area contributed by atoms with Crippen LogP contribution in [-0.2, 0) is 11.3 Å². The Hall–Kier alpha value is -2.52. The van der Waals surface area contributed by atoms with Crippen molar-refractivity contribution in [2.45, 2.75) is 10.9 Å². The van der Waals surface area contributed by atoms with Crippen molar-refractivity contribution in [1.29, 1.82) is 0 Å². The smallest absolute Gasteiger partial charge is 0.253 e. The Bertz CT molecular complexity index is 950. The summed E-state index contributed by atoms with van der Waals surface area (Å²) in [6.45, 7) is 0.428. The number of aromatic amines is 1. The summed E-state index contributed by atoms with van der Waals surface area (Å²) in [4.78, 5) is 30.0. The molecule has 0 fully saturated rings. The maximum absolute atomic E-state index is 12.0. The second-order valence-electron chi connectivity index (χ2n) is 5.09. The Balaban J connectivity index is 1.55. The first-order chi connectivity index (χ1) is 12.0. The van der Waals surface area contributed by atoms with Crippen LogP contribution in [-0.4, -0.2) is 33.8 Å². The van der Waals surface area contributed by atoms with Gasteiger partial charge in [-0.1, -0.05) is 23.9 Å². The van der Waals surface area contributed by atoms with E-state index in [9.17, 15) is 14.7 Å². The number of aromatic hydroxyl groups is 1. The van der Waals surface area contributed by atoms with E-state index in [1.54, 1.807) is 7.11 Å². The lowest BCUT2D eigenvalue weighted by Gasteiger charge is -2.05. The number of hydrogen-bond acceptors (Lipinski definition) is 7. The topological polar surface area (TPSA) is 104 Å². The van der Waals surface area contributed by atoms with Gasteiger partial charge in [-0.05, 0) is 17.7 Å². The molecule has 2 aromatic heterocycles. The minimum Gasteiger partial charge on any atom is -0.506 e. The summed E-state index contributed by atoms with van der Waals surface area (Å²) >= 11 is 2.48. The molecular formula is C16H15N3O4S2. The lowest BCUT2D eigenvalue weighted by atomic mass is 10.2. The largest absolute Gasteiger partial charge is 0.506 e. The molecule has 1 aromatic carbocycles. The maximum Gasteiger partial charge on any atom is 0.253 e. The van der Waals surface area contributed by atoms with Crippen LogP contribution in [0.2, 0.25) is 0 Å². The number of fused-ring (bicyclic) bond motifs is 1. The number of rotatable bonds is 6. The molecule has 7 nitrogen and oxygen atoms in total. The minimum absolute atomic E-state index is 0.105. The van der Waals surface area contributed by atoms with E-state index in [0.717, 1.165) is 17.4 Å². The van der Waals surface area contributed by atoms with Crippen molar-refractivity contribution < 1.29 is 14.6 Å². The normalized spacial score (nSPS) is 10.8. The Kier molecular flexibility index (Phi) is 5.25. The van der Waals surface area contributed by atoms with E-state index in [1.165, 1.54) is 23.1 Å². The van der Waals surface area contributed by atoms with Crippen molar-refractivity contribution in [1.82, 2.24) is 15.3 Å². The fourth-order valence-corrected chi connectivity index (χ4v) is 3.93. The van der Waals surface area contributed by atoms with Gasteiger partial charge in [0.25, 0.3) is 5.56 Å². The summed E-state index contributed by atoms with van der Waals surface area (Å²) in [5.41, 5.74) is 0.891. The average molecular weight is 377 g/mol. The monoisotopic (exact) mass is 377 g/mol. The molecule has 0 aliphatic rings. The number of hydrogen-bond donors (Lipinski definition) is 3. The molecule has 0 radical (unpaired) electrons. The molecule has 3 aromatic rings. The molecule has 0 spiro atoms. The maximum atomic E-state index is 12.0. The van der Waals surface area contributed by atoms with Crippen LogP contribution < -0.4 is 15.6 Å². The predicted octanol–water partition coefficient (Wildman–Crippen LogP) is 2.11. The third-order valence-electron chi connectivity index (χ3n) is 3.33. The number of nitrogens with zero attached hydrogens (tertiary/aromatic N) is 1. The van der Waals surface area contributed by atoms with E-state index in [-0.39, 0.29) is 17.4 Å². The van der Waals surface area contributed by atoms with Gasteiger partial charge in [0.15, 0.2) is 9.99 Å². The van der Waals surface area contributed by atoms with Gasteiger partial charge in [-0.25, -0.2) is 4.98 Å². The second kappa shape index (κ2) is 7.58. The van der Waals surface area contributed by atoms with Crippen molar-refractivity contribution in [2.75, 3.05) is 12.9 Å². The van der Waals surface area contributed by atoms with Crippen LogP contribution in [0.5, 0.6) is 11.5 Å². The zero-order valence-electron chi connectivity index (χ0n) is 13.2. The Morgan fingerprint density at radius 3 is 2.88 bits per heavy atom. The molecule has 0 unspecified atom stereocenters. The van der Waals surface area contributed by atoms with Crippen LogP contribution in [0.15, 0.2) is 39.5 Å². The van der Waals surface area contributed by atoms with Gasteiger partial charge >= 0.3 is 0 Å². The third-order valence-corrected chi connectivity index (χ3v) is 5.55. The van der Waals surface area contributed by atoms with Gasteiger partial charge in [0, 0.05) is 12.6 Å². The number of thiazole rings is 1. The number of thioether (sulfide) groups is 1.